The summed E-state index contributed by atoms with van der Waals surface area (Å²) in [7, 11) is 0. The van der Waals surface area contributed by atoms with Crippen LogP contribution in [-0.4, -0.2) is 9.55 Å². The van der Waals surface area contributed by atoms with E-state index in [4.69, 9.17) is 11.6 Å². The number of nitrogens with zero attached hydrogens (tertiary/aromatic N) is 2. The maximum atomic E-state index is 13.8. The summed E-state index contributed by atoms with van der Waals surface area (Å²) in [5.74, 6) is -0.295. The minimum absolute atomic E-state index is 0.295. The first-order valence-electron chi connectivity index (χ1n) is 4.99. The van der Waals surface area contributed by atoms with Gasteiger partial charge in [-0.15, -0.1) is 0 Å². The van der Waals surface area contributed by atoms with Gasteiger partial charge in [0.2, 0.25) is 0 Å². The van der Waals surface area contributed by atoms with Crippen molar-refractivity contribution in [3.63, 3.8) is 0 Å². The molecule has 2 aromatic rings. The predicted molar refractivity (Wildman–Crippen MR) is 57.7 cm³/mol. The minimum atomic E-state index is -0.295. The smallest absolute Gasteiger partial charge is 0.155 e. The molecule has 15 heavy (non-hydrogen) atoms. The summed E-state index contributed by atoms with van der Waals surface area (Å²) in [6.07, 6.45) is 4.01. The van der Waals surface area contributed by atoms with Crippen LogP contribution in [0.3, 0.4) is 0 Å². The van der Waals surface area contributed by atoms with Gasteiger partial charge < -0.3 is 4.57 Å². The third-order valence-corrected chi connectivity index (χ3v) is 3.32. The van der Waals surface area contributed by atoms with E-state index < -0.39 is 0 Å². The van der Waals surface area contributed by atoms with E-state index in [1.54, 1.807) is 19.3 Å². The number of fused-ring (bicyclic) bond motifs is 1. The quantitative estimate of drug-likeness (QED) is 0.725. The lowest BCUT2D eigenvalue weighted by Crippen LogP contribution is -1.92. The van der Waals surface area contributed by atoms with Crippen LogP contribution < -0.4 is 0 Å². The molecule has 2 nitrogen and oxygen atoms in total. The zero-order chi connectivity index (χ0) is 10.6. The molecule has 4 heteroatoms. The van der Waals surface area contributed by atoms with Gasteiger partial charge in [-0.25, -0.2) is 9.37 Å². The van der Waals surface area contributed by atoms with Crippen LogP contribution in [0.5, 0.6) is 0 Å². The number of imidazole rings is 1. The lowest BCUT2D eigenvalue weighted by molar-refractivity contribution is 0.628. The summed E-state index contributed by atoms with van der Waals surface area (Å²) in [5.41, 5.74) is 1.72. The summed E-state index contributed by atoms with van der Waals surface area (Å²) in [5, 5.41) is 0.474. The first-order valence-corrected chi connectivity index (χ1v) is 5.37. The van der Waals surface area contributed by atoms with Crippen LogP contribution in [0.4, 0.5) is 4.39 Å². The number of benzene rings is 1. The Bertz CT molecular complexity index is 543. The van der Waals surface area contributed by atoms with E-state index in [0.29, 0.717) is 22.1 Å². The zero-order valence-electron chi connectivity index (χ0n) is 8.30. The summed E-state index contributed by atoms with van der Waals surface area (Å²) in [6.45, 7) is 1.67. The summed E-state index contributed by atoms with van der Waals surface area (Å²) < 4.78 is 15.8. The van der Waals surface area contributed by atoms with E-state index >= 15 is 0 Å². The van der Waals surface area contributed by atoms with Gasteiger partial charge in [-0.05, 0) is 25.8 Å². The van der Waals surface area contributed by atoms with E-state index in [1.807, 2.05) is 4.57 Å². The third kappa shape index (κ3) is 1.26. The second kappa shape index (κ2) is 2.95. The minimum Gasteiger partial charge on any atom is -0.327 e. The van der Waals surface area contributed by atoms with Crippen LogP contribution in [0.25, 0.3) is 11.0 Å². The monoisotopic (exact) mass is 224 g/mol. The van der Waals surface area contributed by atoms with Gasteiger partial charge in [0.15, 0.2) is 5.82 Å². The van der Waals surface area contributed by atoms with Crippen LogP contribution in [0, 0.1) is 12.7 Å². The van der Waals surface area contributed by atoms with E-state index in [9.17, 15) is 4.39 Å². The normalized spacial score (nSPS) is 16.2. The molecule has 0 radical (unpaired) electrons. The Hall–Kier alpha value is -1.09. The van der Waals surface area contributed by atoms with E-state index in [1.165, 1.54) is 0 Å². The van der Waals surface area contributed by atoms with Crippen LogP contribution in [0.1, 0.15) is 24.4 Å². The van der Waals surface area contributed by atoms with E-state index in [-0.39, 0.29) is 5.82 Å². The molecular weight excluding hydrogens is 215 g/mol. The Labute approximate surface area is 91.7 Å². The second-order valence-corrected chi connectivity index (χ2v) is 4.46. The molecule has 1 aliphatic rings. The van der Waals surface area contributed by atoms with Crippen molar-refractivity contribution >= 4 is 22.6 Å². The van der Waals surface area contributed by atoms with Gasteiger partial charge in [-0.2, -0.15) is 0 Å². The van der Waals surface area contributed by atoms with Gasteiger partial charge >= 0.3 is 0 Å². The summed E-state index contributed by atoms with van der Waals surface area (Å²) in [4.78, 5) is 4.11. The molecule has 1 aliphatic carbocycles. The molecular formula is C11H10ClFN2. The van der Waals surface area contributed by atoms with Gasteiger partial charge in [-0.3, -0.25) is 0 Å². The van der Waals surface area contributed by atoms with Crippen molar-refractivity contribution in [1.29, 1.82) is 0 Å². The molecule has 3 rings (SSSR count). The Balaban J connectivity index is 2.35. The van der Waals surface area contributed by atoms with E-state index in [2.05, 4.69) is 4.98 Å². The number of hydrogen-bond acceptors (Lipinski definition) is 1. The van der Waals surface area contributed by atoms with Crippen molar-refractivity contribution in [3.05, 3.63) is 28.8 Å². The fourth-order valence-electron chi connectivity index (χ4n) is 1.84. The molecule has 0 atom stereocenters. The molecule has 78 valence electrons. The first kappa shape index (κ1) is 9.16. The van der Waals surface area contributed by atoms with Crippen molar-refractivity contribution in [3.8, 4) is 0 Å². The molecule has 0 aliphatic heterocycles. The highest BCUT2D eigenvalue weighted by Gasteiger charge is 2.26. The average molecular weight is 225 g/mol. The van der Waals surface area contributed by atoms with Crippen LogP contribution in [0.15, 0.2) is 12.4 Å². The maximum Gasteiger partial charge on any atom is 0.155 e. The van der Waals surface area contributed by atoms with Gasteiger partial charge in [0, 0.05) is 16.6 Å². The topological polar surface area (TPSA) is 17.8 Å². The van der Waals surface area contributed by atoms with Gasteiger partial charge in [0.05, 0.1) is 11.8 Å². The Morgan fingerprint density at radius 1 is 1.53 bits per heavy atom. The highest BCUT2D eigenvalue weighted by Crippen LogP contribution is 2.38. The van der Waals surface area contributed by atoms with Crippen molar-refractivity contribution < 1.29 is 4.39 Å². The molecule has 1 heterocycles. The molecule has 0 N–H and O–H groups in total. The number of rotatable bonds is 1. The average Bonchev–Trinajstić information content (AvgIpc) is 2.97. The predicted octanol–water partition coefficient (Wildman–Crippen LogP) is 3.47. The molecule has 1 fully saturated rings. The number of aromatic nitrogens is 2. The maximum absolute atomic E-state index is 13.8. The lowest BCUT2D eigenvalue weighted by Gasteiger charge is -2.04. The Kier molecular flexibility index (Phi) is 1.80. The highest BCUT2D eigenvalue weighted by atomic mass is 35.5. The second-order valence-electron chi connectivity index (χ2n) is 4.05. The standard InChI is InChI=1S/C11H10ClFN2/c1-6-8(12)4-9-11(10(6)13)14-5-15(9)7-2-3-7/h4-5,7H,2-3H2,1H3. The fourth-order valence-corrected chi connectivity index (χ4v) is 2.02. The van der Waals surface area contributed by atoms with Gasteiger partial charge in [0.25, 0.3) is 0 Å². The molecule has 0 saturated heterocycles. The van der Waals surface area contributed by atoms with E-state index in [0.717, 1.165) is 18.4 Å². The summed E-state index contributed by atoms with van der Waals surface area (Å²) in [6, 6.07) is 2.30. The number of hydrogen-bond donors (Lipinski definition) is 0. The molecule has 0 spiro atoms. The molecule has 0 amide bonds. The SMILES string of the molecule is Cc1c(Cl)cc2c(ncn2C2CC2)c1F. The highest BCUT2D eigenvalue weighted by molar-refractivity contribution is 6.32. The van der Waals surface area contributed by atoms with Crippen molar-refractivity contribution in [2.45, 2.75) is 25.8 Å². The largest absolute Gasteiger partial charge is 0.327 e. The molecule has 1 aromatic heterocycles. The fraction of sp³-hybridized carbons (Fsp3) is 0.364. The Morgan fingerprint density at radius 3 is 2.93 bits per heavy atom. The van der Waals surface area contributed by atoms with Gasteiger partial charge in [-0.1, -0.05) is 11.6 Å². The number of halogens is 2. The molecule has 0 unspecified atom stereocenters. The summed E-state index contributed by atoms with van der Waals surface area (Å²) >= 11 is 5.97. The molecule has 1 aromatic carbocycles. The van der Waals surface area contributed by atoms with Crippen molar-refractivity contribution in [2.24, 2.45) is 0 Å². The van der Waals surface area contributed by atoms with Crippen LogP contribution in [0.2, 0.25) is 5.02 Å². The zero-order valence-corrected chi connectivity index (χ0v) is 9.05. The molecule has 1 saturated carbocycles. The molecule has 0 bridgehead atoms. The third-order valence-electron chi connectivity index (χ3n) is 2.93. The lowest BCUT2D eigenvalue weighted by atomic mass is 10.2. The first-order chi connectivity index (χ1) is 7.18. The Morgan fingerprint density at radius 2 is 2.27 bits per heavy atom. The van der Waals surface area contributed by atoms with Crippen molar-refractivity contribution in [1.82, 2.24) is 9.55 Å². The van der Waals surface area contributed by atoms with Crippen molar-refractivity contribution in [2.75, 3.05) is 0 Å². The van der Waals surface area contributed by atoms with Gasteiger partial charge in [0.1, 0.15) is 5.52 Å². The van der Waals surface area contributed by atoms with Crippen LogP contribution in [-0.2, 0) is 0 Å². The van der Waals surface area contributed by atoms with Crippen LogP contribution >= 0.6 is 11.6 Å².